The lowest BCUT2D eigenvalue weighted by molar-refractivity contribution is -0.884. The van der Waals surface area contributed by atoms with Gasteiger partial charge in [-0.25, -0.2) is 5.43 Å². The third kappa shape index (κ3) is 4.86. The van der Waals surface area contributed by atoms with Crippen LogP contribution in [0.1, 0.15) is 74.2 Å². The van der Waals surface area contributed by atoms with Crippen molar-refractivity contribution in [3.05, 3.63) is 41.0 Å². The van der Waals surface area contributed by atoms with Crippen LogP contribution < -0.4 is 10.2 Å². The van der Waals surface area contributed by atoms with Gasteiger partial charge >= 0.3 is 0 Å². The van der Waals surface area contributed by atoms with Crippen LogP contribution in [0.2, 0.25) is 0 Å². The topological polar surface area (TPSA) is 91.2 Å². The van der Waals surface area contributed by atoms with Gasteiger partial charge in [0.2, 0.25) is 0 Å². The average Bonchev–Trinajstić information content (AvgIpc) is 3.15. The van der Waals surface area contributed by atoms with E-state index in [2.05, 4.69) is 44.7 Å². The smallest absolute Gasteiger partial charge is 0.271 e. The lowest BCUT2D eigenvalue weighted by Crippen LogP contribution is -2.55. The predicted octanol–water partition coefficient (Wildman–Crippen LogP) is 4.04. The van der Waals surface area contributed by atoms with Gasteiger partial charge in [0.15, 0.2) is 0 Å². The highest BCUT2D eigenvalue weighted by Crippen LogP contribution is 2.62. The first kappa shape index (κ1) is 26.4. The molecule has 3 fully saturated rings. The molecule has 202 valence electrons. The summed E-state index contributed by atoms with van der Waals surface area (Å²) in [7, 11) is 7.98. The molecule has 0 heterocycles. The highest BCUT2D eigenvalue weighted by Gasteiger charge is 2.60. The maximum atomic E-state index is 13.0. The van der Waals surface area contributed by atoms with E-state index in [-0.39, 0.29) is 17.2 Å². The van der Waals surface area contributed by atoms with Crippen molar-refractivity contribution in [1.29, 1.82) is 0 Å². The van der Waals surface area contributed by atoms with Gasteiger partial charge in [-0.3, -0.25) is 4.79 Å². The number of ether oxygens (including phenoxy) is 1. The van der Waals surface area contributed by atoms with E-state index in [4.69, 9.17) is 4.74 Å². The lowest BCUT2D eigenvalue weighted by atomic mass is 9.49. The normalized spacial score (nSPS) is 36.3. The monoisotopic (exact) mass is 510 g/mol. The van der Waals surface area contributed by atoms with E-state index in [0.29, 0.717) is 29.6 Å². The Hall–Kier alpha value is -2.22. The Kier molecular flexibility index (Phi) is 6.78. The number of fused-ring (bicyclic) bond motifs is 5. The third-order valence-electron chi connectivity index (χ3n) is 9.82. The average molecular weight is 511 g/mol. The van der Waals surface area contributed by atoms with Crippen LogP contribution in [-0.2, 0) is 6.54 Å². The van der Waals surface area contributed by atoms with Crippen molar-refractivity contribution in [3.63, 3.8) is 0 Å². The number of amides is 1. The number of rotatable bonds is 5. The number of carbonyl (C=O) groups excluding carboxylic acids is 1. The third-order valence-corrected chi connectivity index (χ3v) is 9.82. The molecule has 3 saturated carbocycles. The fraction of sp³-hybridized carbons (Fsp3) is 0.667. The Balaban J connectivity index is 1.31. The number of carbonyl (C=O) groups is 1. The highest BCUT2D eigenvalue weighted by molar-refractivity contribution is 5.99. The first-order valence-corrected chi connectivity index (χ1v) is 13.9. The zero-order chi connectivity index (χ0) is 26.6. The molecule has 4 aliphatic rings. The summed E-state index contributed by atoms with van der Waals surface area (Å²) < 4.78 is 6.20. The summed E-state index contributed by atoms with van der Waals surface area (Å²) >= 11 is 0. The maximum absolute atomic E-state index is 13.0. The zero-order valence-electron chi connectivity index (χ0n) is 23.1. The van der Waals surface area contributed by atoms with Crippen molar-refractivity contribution in [3.8, 4) is 5.75 Å². The molecule has 0 radical (unpaired) electrons. The van der Waals surface area contributed by atoms with Crippen molar-refractivity contribution < 1.29 is 24.2 Å². The SMILES string of the molecule is COc1cc(C[N+](C)(C)C)cc(C(=O)N/N=C2\C=C3CC[C@H]4[C@@H]5CC[C@H](O)[C@@]5(O)CC[C@@H]4[C@@]3(C)CC2)c1. The number of benzene rings is 1. The summed E-state index contributed by atoms with van der Waals surface area (Å²) in [5.74, 6) is 1.68. The standard InChI is InChI=1S/C30H43N3O4/c1-29-12-10-22(31-32-28(35)20-14-19(18-33(2,3)4)15-23(16-20)37-5)17-21(29)6-7-24-25(29)11-13-30(36)26(24)8-9-27(30)34/h14-17,24-27,34,36H,6-13,18H2,1-5H3/p+1/b31-22-/t24-,25+,26+,27+,29+,30-/m1/s1. The van der Waals surface area contributed by atoms with Crippen molar-refractivity contribution in [2.75, 3.05) is 28.3 Å². The quantitative estimate of drug-likeness (QED) is 0.412. The Morgan fingerprint density at radius 3 is 2.62 bits per heavy atom. The molecule has 37 heavy (non-hydrogen) atoms. The zero-order valence-corrected chi connectivity index (χ0v) is 23.1. The molecule has 0 saturated heterocycles. The van der Waals surface area contributed by atoms with E-state index in [1.54, 1.807) is 13.2 Å². The minimum absolute atomic E-state index is 0.105. The minimum atomic E-state index is -0.879. The lowest BCUT2D eigenvalue weighted by Gasteiger charge is -2.57. The molecule has 0 aliphatic heterocycles. The highest BCUT2D eigenvalue weighted by atomic mass is 16.5. The largest absolute Gasteiger partial charge is 0.497 e. The second kappa shape index (κ2) is 9.51. The summed E-state index contributed by atoms with van der Waals surface area (Å²) in [5.41, 5.74) is 5.98. The van der Waals surface area contributed by atoms with E-state index in [0.717, 1.165) is 67.2 Å². The molecule has 6 atom stereocenters. The number of aliphatic hydroxyl groups excluding tert-OH is 1. The summed E-state index contributed by atoms with van der Waals surface area (Å²) in [6, 6.07) is 5.66. The number of nitrogens with one attached hydrogen (secondary N) is 1. The van der Waals surface area contributed by atoms with Gasteiger partial charge in [-0.1, -0.05) is 12.5 Å². The van der Waals surface area contributed by atoms with E-state index in [1.807, 2.05) is 12.1 Å². The van der Waals surface area contributed by atoms with Gasteiger partial charge in [-0.2, -0.15) is 5.10 Å². The molecule has 5 rings (SSSR count). The van der Waals surface area contributed by atoms with E-state index >= 15 is 0 Å². The fourth-order valence-corrected chi connectivity index (χ4v) is 8.01. The van der Waals surface area contributed by atoms with Crippen LogP contribution in [-0.4, -0.2) is 66.3 Å². The van der Waals surface area contributed by atoms with Gasteiger partial charge in [0.05, 0.1) is 45.7 Å². The van der Waals surface area contributed by atoms with E-state index in [9.17, 15) is 15.0 Å². The summed E-state index contributed by atoms with van der Waals surface area (Å²) in [4.78, 5) is 13.0. The molecule has 4 aliphatic carbocycles. The molecule has 7 heteroatoms. The van der Waals surface area contributed by atoms with Gasteiger partial charge in [0.25, 0.3) is 5.91 Å². The molecule has 7 nitrogen and oxygen atoms in total. The van der Waals surface area contributed by atoms with Crippen LogP contribution in [0.3, 0.4) is 0 Å². The molecular weight excluding hydrogens is 466 g/mol. The van der Waals surface area contributed by atoms with Crippen molar-refractivity contribution in [2.24, 2.45) is 28.3 Å². The Labute approximate surface area is 221 Å². The van der Waals surface area contributed by atoms with Crippen LogP contribution >= 0.6 is 0 Å². The van der Waals surface area contributed by atoms with Gasteiger partial charge in [-0.05, 0) is 98.8 Å². The van der Waals surface area contributed by atoms with Crippen molar-refractivity contribution in [1.82, 2.24) is 5.43 Å². The molecule has 0 unspecified atom stereocenters. The van der Waals surface area contributed by atoms with Crippen LogP contribution in [0.15, 0.2) is 34.9 Å². The number of aliphatic hydroxyl groups is 2. The predicted molar refractivity (Wildman–Crippen MR) is 144 cm³/mol. The second-order valence-electron chi connectivity index (χ2n) is 13.2. The van der Waals surface area contributed by atoms with Crippen LogP contribution in [0.25, 0.3) is 0 Å². The summed E-state index contributed by atoms with van der Waals surface area (Å²) in [5, 5.41) is 26.2. The second-order valence-corrected chi connectivity index (χ2v) is 13.2. The molecule has 0 aromatic heterocycles. The van der Waals surface area contributed by atoms with Gasteiger partial charge < -0.3 is 19.4 Å². The molecule has 1 aromatic rings. The van der Waals surface area contributed by atoms with E-state index < -0.39 is 11.7 Å². The number of hydrogen-bond donors (Lipinski definition) is 3. The summed E-state index contributed by atoms with van der Waals surface area (Å²) in [6.07, 6.45) is 8.89. The van der Waals surface area contributed by atoms with Crippen molar-refractivity contribution in [2.45, 2.75) is 76.5 Å². The summed E-state index contributed by atoms with van der Waals surface area (Å²) in [6.45, 7) is 3.18. The van der Waals surface area contributed by atoms with Crippen LogP contribution in [0, 0.1) is 23.2 Å². The van der Waals surface area contributed by atoms with Crippen LogP contribution in [0.4, 0.5) is 0 Å². The Morgan fingerprint density at radius 2 is 1.89 bits per heavy atom. The first-order chi connectivity index (χ1) is 17.4. The minimum Gasteiger partial charge on any atom is -0.497 e. The molecular formula is C30H44N3O4+. The molecule has 1 amide bonds. The number of nitrogens with zero attached hydrogens (tertiary/aromatic N) is 2. The number of quaternary nitrogens is 1. The molecule has 0 spiro atoms. The Morgan fingerprint density at radius 1 is 1.11 bits per heavy atom. The van der Waals surface area contributed by atoms with Crippen molar-refractivity contribution >= 4 is 11.6 Å². The number of allylic oxidation sites excluding steroid dienone is 2. The van der Waals surface area contributed by atoms with Gasteiger partial charge in [0.1, 0.15) is 12.3 Å². The van der Waals surface area contributed by atoms with Gasteiger partial charge in [0, 0.05) is 11.1 Å². The molecule has 1 aromatic carbocycles. The fourth-order valence-electron chi connectivity index (χ4n) is 8.01. The molecule has 3 N–H and O–H groups in total. The van der Waals surface area contributed by atoms with E-state index in [1.165, 1.54) is 5.57 Å². The Bertz CT molecular complexity index is 1120. The first-order valence-electron chi connectivity index (χ1n) is 13.9. The number of methoxy groups -OCH3 is 1. The van der Waals surface area contributed by atoms with Crippen LogP contribution in [0.5, 0.6) is 5.75 Å². The maximum Gasteiger partial charge on any atom is 0.271 e. The van der Waals surface area contributed by atoms with Gasteiger partial charge in [-0.15, -0.1) is 0 Å². The number of hydrazone groups is 1. The number of hydrogen-bond acceptors (Lipinski definition) is 5. The molecule has 0 bridgehead atoms.